The molecule has 2 fully saturated rings. The van der Waals surface area contributed by atoms with Gasteiger partial charge >= 0.3 is 6.09 Å². The van der Waals surface area contributed by atoms with Crippen molar-refractivity contribution in [1.29, 1.82) is 0 Å². The lowest BCUT2D eigenvalue weighted by molar-refractivity contribution is -0.0381. The highest BCUT2D eigenvalue weighted by atomic mass is 16.5. The molecule has 0 spiro atoms. The molecule has 25 heavy (non-hydrogen) atoms. The number of cyclic esters (lactones) is 1. The molecule has 1 amide bonds. The lowest BCUT2D eigenvalue weighted by atomic mass is 9.79. The fourth-order valence-corrected chi connectivity index (χ4v) is 4.04. The number of aromatic nitrogens is 2. The second-order valence-corrected chi connectivity index (χ2v) is 7.15. The lowest BCUT2D eigenvalue weighted by Crippen LogP contribution is -2.38. The van der Waals surface area contributed by atoms with Crippen molar-refractivity contribution in [2.75, 3.05) is 6.54 Å². The van der Waals surface area contributed by atoms with E-state index >= 15 is 0 Å². The first-order valence-corrected chi connectivity index (χ1v) is 9.07. The second-order valence-electron chi connectivity index (χ2n) is 7.15. The van der Waals surface area contributed by atoms with E-state index in [1.807, 2.05) is 0 Å². The first-order chi connectivity index (χ1) is 12.2. The Morgan fingerprint density at radius 2 is 2.12 bits per heavy atom. The zero-order valence-corrected chi connectivity index (χ0v) is 14.4. The summed E-state index contributed by atoms with van der Waals surface area (Å²) in [7, 11) is 0. The Bertz CT molecular complexity index is 628. The van der Waals surface area contributed by atoms with Crippen molar-refractivity contribution < 1.29 is 14.3 Å². The topological polar surface area (TPSA) is 97.4 Å². The number of hydrazine groups is 1. The van der Waals surface area contributed by atoms with Gasteiger partial charge in [-0.1, -0.05) is 0 Å². The molecule has 3 heterocycles. The Morgan fingerprint density at radius 1 is 1.20 bits per heavy atom. The maximum Gasteiger partial charge on any atom is 0.407 e. The molecule has 3 N–H and O–H groups in total. The van der Waals surface area contributed by atoms with E-state index in [-0.39, 0.29) is 24.9 Å². The van der Waals surface area contributed by atoms with Crippen LogP contribution in [0, 0.1) is 5.92 Å². The van der Waals surface area contributed by atoms with Gasteiger partial charge in [-0.2, -0.15) is 0 Å². The number of nitrogens with zero attached hydrogens (tertiary/aromatic N) is 2. The summed E-state index contributed by atoms with van der Waals surface area (Å²) in [5, 5.41) is 2.76. The van der Waals surface area contributed by atoms with E-state index in [9.17, 15) is 4.79 Å². The molecule has 4 rings (SSSR count). The van der Waals surface area contributed by atoms with Gasteiger partial charge in [0.15, 0.2) is 0 Å². The van der Waals surface area contributed by atoms with Crippen LogP contribution in [0.5, 0.6) is 0 Å². The fourth-order valence-electron chi connectivity index (χ4n) is 4.04. The number of amides is 1. The van der Waals surface area contributed by atoms with Gasteiger partial charge in [0.2, 0.25) is 0 Å². The van der Waals surface area contributed by atoms with Crippen molar-refractivity contribution in [3.05, 3.63) is 23.8 Å². The predicted octanol–water partition coefficient (Wildman–Crippen LogP) is 1.20. The molecule has 136 valence electrons. The van der Waals surface area contributed by atoms with Crippen LogP contribution in [0.15, 0.2) is 12.4 Å². The van der Waals surface area contributed by atoms with Crippen molar-refractivity contribution in [1.82, 2.24) is 26.1 Å². The summed E-state index contributed by atoms with van der Waals surface area (Å²) in [6.45, 7) is 2.72. The third-order valence-electron chi connectivity index (χ3n) is 5.32. The van der Waals surface area contributed by atoms with Crippen LogP contribution in [0.25, 0.3) is 0 Å². The number of carbonyl (C=O) groups excluding carboxylic acids is 1. The number of carbonyl (C=O) groups is 1. The highest BCUT2D eigenvalue weighted by Gasteiger charge is 2.42. The van der Waals surface area contributed by atoms with Crippen molar-refractivity contribution >= 4 is 6.09 Å². The zero-order valence-electron chi connectivity index (χ0n) is 14.4. The van der Waals surface area contributed by atoms with Crippen LogP contribution in [0.3, 0.4) is 0 Å². The van der Waals surface area contributed by atoms with Gasteiger partial charge in [-0.15, -0.1) is 0 Å². The summed E-state index contributed by atoms with van der Waals surface area (Å²) in [6.07, 6.45) is 7.24. The van der Waals surface area contributed by atoms with E-state index in [0.717, 1.165) is 31.4 Å². The molecule has 3 aliphatic rings. The number of hydrogen-bond acceptors (Lipinski definition) is 7. The maximum atomic E-state index is 11.8. The first kappa shape index (κ1) is 16.7. The van der Waals surface area contributed by atoms with Crippen LogP contribution in [-0.4, -0.2) is 40.9 Å². The Kier molecular flexibility index (Phi) is 4.82. The van der Waals surface area contributed by atoms with Crippen molar-refractivity contribution in [3.63, 3.8) is 0 Å². The van der Waals surface area contributed by atoms with Gasteiger partial charge in [-0.25, -0.2) is 15.2 Å². The molecule has 0 aromatic carbocycles. The number of ether oxygens (including phenoxy) is 2. The SMILES string of the molecule is C[C@@H]1CCNC(=O)OCc2cncc(n2)C2NNC3CCC(CC32)O1. The van der Waals surface area contributed by atoms with Gasteiger partial charge in [-0.05, 0) is 32.6 Å². The van der Waals surface area contributed by atoms with Crippen LogP contribution in [0.1, 0.15) is 50.0 Å². The zero-order chi connectivity index (χ0) is 17.2. The normalized spacial score (nSPS) is 35.9. The highest BCUT2D eigenvalue weighted by Crippen LogP contribution is 2.38. The molecule has 4 unspecified atom stereocenters. The Balaban J connectivity index is 1.58. The molecule has 1 saturated heterocycles. The summed E-state index contributed by atoms with van der Waals surface area (Å²) in [4.78, 5) is 20.7. The van der Waals surface area contributed by atoms with Gasteiger partial charge in [-0.3, -0.25) is 10.4 Å². The number of hydrogen-bond donors (Lipinski definition) is 3. The molecular weight excluding hydrogens is 322 g/mol. The van der Waals surface area contributed by atoms with Gasteiger partial charge in [0.1, 0.15) is 6.61 Å². The fraction of sp³-hybridized carbons (Fsp3) is 0.706. The van der Waals surface area contributed by atoms with Crippen molar-refractivity contribution in [2.45, 2.75) is 63.5 Å². The molecule has 8 nitrogen and oxygen atoms in total. The minimum Gasteiger partial charge on any atom is -0.443 e. The molecule has 1 saturated carbocycles. The van der Waals surface area contributed by atoms with E-state index in [4.69, 9.17) is 9.47 Å². The van der Waals surface area contributed by atoms with Crippen LogP contribution in [0.2, 0.25) is 0 Å². The molecule has 4 bridgehead atoms. The highest BCUT2D eigenvalue weighted by molar-refractivity contribution is 5.67. The molecule has 1 aromatic rings. The largest absolute Gasteiger partial charge is 0.443 e. The third-order valence-corrected chi connectivity index (χ3v) is 5.32. The van der Waals surface area contributed by atoms with Gasteiger partial charge in [0.25, 0.3) is 0 Å². The third kappa shape index (κ3) is 3.75. The average Bonchev–Trinajstić information content (AvgIpc) is 3.03. The molecule has 2 aliphatic heterocycles. The van der Waals surface area contributed by atoms with E-state index in [0.29, 0.717) is 24.2 Å². The lowest BCUT2D eigenvalue weighted by Gasteiger charge is -2.34. The Labute approximate surface area is 147 Å². The maximum absolute atomic E-state index is 11.8. The molecule has 1 aromatic heterocycles. The minimum atomic E-state index is -0.436. The summed E-state index contributed by atoms with van der Waals surface area (Å²) < 4.78 is 11.5. The number of nitrogens with one attached hydrogen (secondary N) is 3. The van der Waals surface area contributed by atoms with Crippen LogP contribution < -0.4 is 16.2 Å². The van der Waals surface area contributed by atoms with Gasteiger partial charge in [0, 0.05) is 18.5 Å². The Morgan fingerprint density at radius 3 is 3.04 bits per heavy atom. The summed E-state index contributed by atoms with van der Waals surface area (Å²) in [5.41, 5.74) is 8.32. The van der Waals surface area contributed by atoms with E-state index in [1.54, 1.807) is 12.4 Å². The number of fused-ring (bicyclic) bond motifs is 4. The van der Waals surface area contributed by atoms with E-state index in [2.05, 4.69) is 33.1 Å². The standard InChI is InChI=1S/C17H25N5O3/c1-10-4-5-19-17(23)24-9-11-7-18-8-15(20-11)16-13-6-12(25-10)2-3-14(13)21-22-16/h7-8,10,12-14,16,21-22H,2-6,9H2,1H3,(H,19,23)/t10-,12?,13?,14?,16?/m1/s1. The molecule has 1 aliphatic carbocycles. The first-order valence-electron chi connectivity index (χ1n) is 9.07. The molecule has 5 atom stereocenters. The number of rotatable bonds is 0. The summed E-state index contributed by atoms with van der Waals surface area (Å²) in [5.74, 6) is 0.418. The second kappa shape index (κ2) is 7.23. The van der Waals surface area contributed by atoms with Crippen LogP contribution >= 0.6 is 0 Å². The van der Waals surface area contributed by atoms with Crippen molar-refractivity contribution in [3.8, 4) is 0 Å². The number of alkyl carbamates (subject to hydrolysis) is 1. The van der Waals surface area contributed by atoms with Crippen LogP contribution in [-0.2, 0) is 16.1 Å². The van der Waals surface area contributed by atoms with Gasteiger partial charge < -0.3 is 14.8 Å². The van der Waals surface area contributed by atoms with E-state index < -0.39 is 6.09 Å². The van der Waals surface area contributed by atoms with Gasteiger partial charge in [0.05, 0.1) is 42.0 Å². The summed E-state index contributed by atoms with van der Waals surface area (Å²) in [6, 6.07) is 0.527. The van der Waals surface area contributed by atoms with Crippen molar-refractivity contribution in [2.24, 2.45) is 5.92 Å². The summed E-state index contributed by atoms with van der Waals surface area (Å²) >= 11 is 0. The smallest absolute Gasteiger partial charge is 0.407 e. The minimum absolute atomic E-state index is 0.0955. The predicted molar refractivity (Wildman–Crippen MR) is 89.3 cm³/mol. The quantitative estimate of drug-likeness (QED) is 0.649. The monoisotopic (exact) mass is 347 g/mol. The molecule has 0 radical (unpaired) electrons. The molecule has 8 heteroatoms. The van der Waals surface area contributed by atoms with E-state index in [1.165, 1.54) is 0 Å². The molecular formula is C17H25N5O3. The average molecular weight is 347 g/mol. The van der Waals surface area contributed by atoms with Crippen LogP contribution in [0.4, 0.5) is 4.79 Å². The Hall–Kier alpha value is -1.77.